The van der Waals surface area contributed by atoms with E-state index < -0.39 is 0 Å². The highest BCUT2D eigenvalue weighted by Crippen LogP contribution is 2.18. The second kappa shape index (κ2) is 4.72. The molecule has 0 aliphatic heterocycles. The van der Waals surface area contributed by atoms with Gasteiger partial charge < -0.3 is 11.1 Å². The van der Waals surface area contributed by atoms with E-state index in [0.29, 0.717) is 10.7 Å². The lowest BCUT2D eigenvalue weighted by molar-refractivity contribution is 1.29. The van der Waals surface area contributed by atoms with Gasteiger partial charge in [-0.3, -0.25) is 4.98 Å². The van der Waals surface area contributed by atoms with Gasteiger partial charge in [0.1, 0.15) is 10.7 Å². The smallest absolute Gasteiger partial charge is 0.124 e. The lowest BCUT2D eigenvalue weighted by Gasteiger charge is -2.09. The topological polar surface area (TPSA) is 50.9 Å². The molecule has 3 N–H and O–H groups in total. The summed E-state index contributed by atoms with van der Waals surface area (Å²) in [5.74, 6) is 0. The van der Waals surface area contributed by atoms with Gasteiger partial charge >= 0.3 is 0 Å². The predicted molar refractivity (Wildman–Crippen MR) is 69.8 cm³/mol. The number of hydrogen-bond donors (Lipinski definition) is 2. The van der Waals surface area contributed by atoms with Crippen molar-refractivity contribution in [3.8, 4) is 0 Å². The molecular weight excluding hydrogens is 218 g/mol. The van der Waals surface area contributed by atoms with Crippen molar-refractivity contribution in [3.05, 3.63) is 54.4 Å². The van der Waals surface area contributed by atoms with Crippen molar-refractivity contribution >= 4 is 28.6 Å². The largest absolute Gasteiger partial charge is 0.388 e. The molecule has 0 aliphatic carbocycles. The number of rotatable bonds is 3. The SMILES string of the molecule is NC(=S)c1ncccc1Nc1ccccc1. The minimum Gasteiger partial charge on any atom is -0.388 e. The van der Waals surface area contributed by atoms with Crippen molar-refractivity contribution < 1.29 is 0 Å². The maximum absolute atomic E-state index is 5.60. The van der Waals surface area contributed by atoms with Gasteiger partial charge in [0.2, 0.25) is 0 Å². The van der Waals surface area contributed by atoms with Gasteiger partial charge in [-0.2, -0.15) is 0 Å². The van der Waals surface area contributed by atoms with Gasteiger partial charge in [0, 0.05) is 11.9 Å². The molecule has 0 radical (unpaired) electrons. The Labute approximate surface area is 99.3 Å². The molecule has 0 saturated heterocycles. The van der Waals surface area contributed by atoms with E-state index in [2.05, 4.69) is 10.3 Å². The summed E-state index contributed by atoms with van der Waals surface area (Å²) in [6.45, 7) is 0. The van der Waals surface area contributed by atoms with Gasteiger partial charge in [-0.25, -0.2) is 0 Å². The van der Waals surface area contributed by atoms with Gasteiger partial charge in [-0.05, 0) is 24.3 Å². The normalized spacial score (nSPS) is 9.75. The third kappa shape index (κ3) is 2.35. The Bertz CT molecular complexity index is 497. The molecule has 1 aromatic carbocycles. The molecule has 0 atom stereocenters. The number of hydrogen-bond acceptors (Lipinski definition) is 3. The van der Waals surface area contributed by atoms with Crippen LogP contribution in [0.1, 0.15) is 5.69 Å². The first-order chi connectivity index (χ1) is 7.77. The molecule has 2 aromatic rings. The number of thiocarbonyl (C=S) groups is 1. The van der Waals surface area contributed by atoms with E-state index in [1.807, 2.05) is 42.5 Å². The first-order valence-corrected chi connectivity index (χ1v) is 5.25. The fourth-order valence-electron chi connectivity index (χ4n) is 1.38. The summed E-state index contributed by atoms with van der Waals surface area (Å²) in [6.07, 6.45) is 1.67. The van der Waals surface area contributed by atoms with Crippen LogP contribution in [-0.2, 0) is 0 Å². The van der Waals surface area contributed by atoms with Gasteiger partial charge in [-0.15, -0.1) is 0 Å². The maximum Gasteiger partial charge on any atom is 0.124 e. The van der Waals surface area contributed by atoms with Crippen molar-refractivity contribution in [3.63, 3.8) is 0 Å². The third-order valence-electron chi connectivity index (χ3n) is 2.09. The summed E-state index contributed by atoms with van der Waals surface area (Å²) in [5.41, 5.74) is 8.01. The Morgan fingerprint density at radius 2 is 1.88 bits per heavy atom. The zero-order chi connectivity index (χ0) is 11.4. The average Bonchev–Trinajstić information content (AvgIpc) is 2.31. The van der Waals surface area contributed by atoms with Crippen molar-refractivity contribution in [2.24, 2.45) is 5.73 Å². The van der Waals surface area contributed by atoms with E-state index in [1.165, 1.54) is 0 Å². The Kier molecular flexibility index (Phi) is 3.12. The van der Waals surface area contributed by atoms with E-state index in [0.717, 1.165) is 11.4 Å². The minimum absolute atomic E-state index is 0.291. The van der Waals surface area contributed by atoms with Gasteiger partial charge in [0.15, 0.2) is 0 Å². The third-order valence-corrected chi connectivity index (χ3v) is 2.29. The number of nitrogens with zero attached hydrogens (tertiary/aromatic N) is 1. The predicted octanol–water partition coefficient (Wildman–Crippen LogP) is 2.46. The maximum atomic E-state index is 5.60. The molecule has 0 unspecified atom stereocenters. The zero-order valence-corrected chi connectivity index (χ0v) is 9.37. The van der Waals surface area contributed by atoms with Crippen LogP contribution in [0.3, 0.4) is 0 Å². The van der Waals surface area contributed by atoms with Crippen LogP contribution in [0.15, 0.2) is 48.7 Å². The number of nitrogens with one attached hydrogen (secondary N) is 1. The van der Waals surface area contributed by atoms with E-state index in [9.17, 15) is 0 Å². The minimum atomic E-state index is 0.291. The molecule has 80 valence electrons. The van der Waals surface area contributed by atoms with Crippen LogP contribution in [0.25, 0.3) is 0 Å². The quantitative estimate of drug-likeness (QED) is 0.794. The summed E-state index contributed by atoms with van der Waals surface area (Å²) < 4.78 is 0. The van der Waals surface area contributed by atoms with Gasteiger partial charge in [-0.1, -0.05) is 30.4 Å². The Hall–Kier alpha value is -1.94. The highest BCUT2D eigenvalue weighted by atomic mass is 32.1. The number of para-hydroxylation sites is 1. The molecule has 2 rings (SSSR count). The molecule has 4 heteroatoms. The van der Waals surface area contributed by atoms with Crippen molar-refractivity contribution in [1.29, 1.82) is 0 Å². The molecule has 0 spiro atoms. The summed E-state index contributed by atoms with van der Waals surface area (Å²) in [6, 6.07) is 13.6. The second-order valence-corrected chi connectivity index (χ2v) is 3.69. The van der Waals surface area contributed by atoms with Crippen molar-refractivity contribution in [1.82, 2.24) is 4.98 Å². The zero-order valence-electron chi connectivity index (χ0n) is 8.55. The molecule has 1 heterocycles. The fraction of sp³-hybridized carbons (Fsp3) is 0. The number of pyridine rings is 1. The second-order valence-electron chi connectivity index (χ2n) is 3.25. The van der Waals surface area contributed by atoms with E-state index in [-0.39, 0.29) is 0 Å². The molecular formula is C12H11N3S. The lowest BCUT2D eigenvalue weighted by atomic mass is 10.2. The number of nitrogens with two attached hydrogens (primary N) is 1. The molecule has 1 aromatic heterocycles. The highest BCUT2D eigenvalue weighted by molar-refractivity contribution is 7.80. The van der Waals surface area contributed by atoms with Crippen molar-refractivity contribution in [2.45, 2.75) is 0 Å². The highest BCUT2D eigenvalue weighted by Gasteiger charge is 2.05. The van der Waals surface area contributed by atoms with Crippen LogP contribution in [0, 0.1) is 0 Å². The summed E-state index contributed by atoms with van der Waals surface area (Å²) >= 11 is 4.94. The van der Waals surface area contributed by atoms with E-state index in [1.54, 1.807) is 6.20 Å². The molecule has 0 aliphatic rings. The van der Waals surface area contributed by atoms with Crippen LogP contribution in [-0.4, -0.2) is 9.97 Å². The molecule has 0 bridgehead atoms. The Balaban J connectivity index is 2.31. The number of aromatic nitrogens is 1. The van der Waals surface area contributed by atoms with Crippen LogP contribution < -0.4 is 11.1 Å². The Morgan fingerprint density at radius 3 is 2.56 bits per heavy atom. The summed E-state index contributed by atoms with van der Waals surface area (Å²) in [4.78, 5) is 4.44. The standard InChI is InChI=1S/C12H11N3S/c13-12(16)11-10(7-4-8-14-11)15-9-5-2-1-3-6-9/h1-8,15H,(H2,13,16). The average molecular weight is 229 g/mol. The molecule has 16 heavy (non-hydrogen) atoms. The van der Waals surface area contributed by atoms with Crippen molar-refractivity contribution in [2.75, 3.05) is 5.32 Å². The van der Waals surface area contributed by atoms with Crippen LogP contribution in [0.5, 0.6) is 0 Å². The first kappa shape index (κ1) is 10.6. The van der Waals surface area contributed by atoms with Gasteiger partial charge in [0.05, 0.1) is 5.69 Å². The Morgan fingerprint density at radius 1 is 1.12 bits per heavy atom. The summed E-state index contributed by atoms with van der Waals surface area (Å²) in [7, 11) is 0. The number of benzene rings is 1. The molecule has 0 amide bonds. The van der Waals surface area contributed by atoms with Gasteiger partial charge in [0.25, 0.3) is 0 Å². The lowest BCUT2D eigenvalue weighted by Crippen LogP contribution is -2.13. The first-order valence-electron chi connectivity index (χ1n) is 4.84. The molecule has 0 saturated carbocycles. The van der Waals surface area contributed by atoms with E-state index >= 15 is 0 Å². The van der Waals surface area contributed by atoms with Crippen LogP contribution in [0.4, 0.5) is 11.4 Å². The molecule has 3 nitrogen and oxygen atoms in total. The molecule has 0 fully saturated rings. The van der Waals surface area contributed by atoms with E-state index in [4.69, 9.17) is 18.0 Å². The van der Waals surface area contributed by atoms with Crippen LogP contribution in [0.2, 0.25) is 0 Å². The monoisotopic (exact) mass is 229 g/mol. The van der Waals surface area contributed by atoms with Crippen LogP contribution >= 0.6 is 12.2 Å². The fourth-order valence-corrected chi connectivity index (χ4v) is 1.54. The summed E-state index contributed by atoms with van der Waals surface area (Å²) in [5, 5.41) is 3.22. The number of anilines is 2.